The molecule has 1 heterocycles. The number of hydrogen-bond donors (Lipinski definition) is 2. The number of carboxylic acid groups (broad SMARTS) is 1. The van der Waals surface area contributed by atoms with Gasteiger partial charge in [-0.2, -0.15) is 13.2 Å². The quantitative estimate of drug-likeness (QED) is 0.772. The summed E-state index contributed by atoms with van der Waals surface area (Å²) in [6, 6.07) is 6.27. The van der Waals surface area contributed by atoms with E-state index in [1.807, 2.05) is 0 Å². The molecule has 1 aromatic rings. The molecule has 0 radical (unpaired) electrons. The van der Waals surface area contributed by atoms with Crippen molar-refractivity contribution >= 4 is 11.8 Å². The lowest BCUT2D eigenvalue weighted by atomic mass is 9.69. The van der Waals surface area contributed by atoms with E-state index in [-0.39, 0.29) is 36.7 Å². The molecule has 1 fully saturated rings. The lowest BCUT2D eigenvalue weighted by Gasteiger charge is -2.36. The number of alkyl halides is 3. The highest BCUT2D eigenvalue weighted by molar-refractivity contribution is 5.82. The number of nitrogens with one attached hydrogen (secondary N) is 1. The Morgan fingerprint density at radius 3 is 2.42 bits per heavy atom. The van der Waals surface area contributed by atoms with Gasteiger partial charge in [0.05, 0.1) is 0 Å². The van der Waals surface area contributed by atoms with Crippen LogP contribution in [0.4, 0.5) is 13.2 Å². The van der Waals surface area contributed by atoms with Crippen LogP contribution in [0, 0.1) is 17.3 Å². The average molecular weight is 371 g/mol. The highest BCUT2D eigenvalue weighted by Crippen LogP contribution is 2.49. The fourth-order valence-corrected chi connectivity index (χ4v) is 3.50. The van der Waals surface area contributed by atoms with Crippen LogP contribution in [0.15, 0.2) is 24.3 Å². The Morgan fingerprint density at radius 2 is 1.92 bits per heavy atom. The molecule has 4 nitrogen and oxygen atoms in total. The lowest BCUT2D eigenvalue weighted by molar-refractivity contribution is -0.245. The van der Waals surface area contributed by atoms with Gasteiger partial charge in [-0.3, -0.25) is 9.59 Å². The first-order chi connectivity index (χ1) is 12.1. The van der Waals surface area contributed by atoms with Gasteiger partial charge in [-0.25, -0.2) is 0 Å². The molecule has 1 aliphatic rings. The maximum absolute atomic E-state index is 13.9. The summed E-state index contributed by atoms with van der Waals surface area (Å²) in [5.74, 6) is -3.05. The second-order valence-electron chi connectivity index (χ2n) is 7.26. The normalized spacial score (nSPS) is 20.2. The van der Waals surface area contributed by atoms with Crippen LogP contribution in [0.3, 0.4) is 0 Å². The second-order valence-corrected chi connectivity index (χ2v) is 7.26. The van der Waals surface area contributed by atoms with Gasteiger partial charge in [-0.15, -0.1) is 0 Å². The molecule has 7 heteroatoms. The molecule has 2 atom stereocenters. The van der Waals surface area contributed by atoms with Crippen molar-refractivity contribution in [2.45, 2.75) is 39.3 Å². The van der Waals surface area contributed by atoms with Gasteiger partial charge < -0.3 is 10.4 Å². The van der Waals surface area contributed by atoms with Crippen LogP contribution in [0.5, 0.6) is 0 Å². The van der Waals surface area contributed by atoms with Crippen LogP contribution in [0.1, 0.15) is 31.4 Å². The third-order valence-corrected chi connectivity index (χ3v) is 5.14. The number of rotatable bonds is 7. The SMILES string of the molecule is CC(C)C(=O)Cc1cccc(CC(C(=O)O)(C2CCNC2)C(F)(F)F)c1. The van der Waals surface area contributed by atoms with Crippen molar-refractivity contribution in [1.29, 1.82) is 0 Å². The fourth-order valence-electron chi connectivity index (χ4n) is 3.50. The molecule has 0 bridgehead atoms. The van der Waals surface area contributed by atoms with Crippen LogP contribution in [-0.2, 0) is 22.4 Å². The number of carbonyl (C=O) groups excluding carboxylic acids is 1. The van der Waals surface area contributed by atoms with E-state index in [1.54, 1.807) is 26.0 Å². The highest BCUT2D eigenvalue weighted by Gasteiger charge is 2.64. The molecule has 26 heavy (non-hydrogen) atoms. The Hall–Kier alpha value is -1.89. The number of hydrogen-bond acceptors (Lipinski definition) is 3. The molecule has 1 aliphatic heterocycles. The van der Waals surface area contributed by atoms with Gasteiger partial charge in [0.1, 0.15) is 5.78 Å². The minimum atomic E-state index is -4.88. The number of carboxylic acids is 1. The van der Waals surface area contributed by atoms with Gasteiger partial charge in [0.2, 0.25) is 0 Å². The molecule has 2 rings (SSSR count). The summed E-state index contributed by atoms with van der Waals surface area (Å²) >= 11 is 0. The van der Waals surface area contributed by atoms with Crippen molar-refractivity contribution < 1.29 is 27.9 Å². The van der Waals surface area contributed by atoms with Crippen LogP contribution in [0.25, 0.3) is 0 Å². The van der Waals surface area contributed by atoms with Gasteiger partial charge in [-0.05, 0) is 43.0 Å². The molecule has 0 aromatic heterocycles. The largest absolute Gasteiger partial charge is 0.481 e. The first-order valence-corrected chi connectivity index (χ1v) is 8.69. The maximum Gasteiger partial charge on any atom is 0.405 e. The van der Waals surface area contributed by atoms with E-state index in [1.165, 1.54) is 12.1 Å². The van der Waals surface area contributed by atoms with Gasteiger partial charge in [-0.1, -0.05) is 38.1 Å². The molecular weight excluding hydrogens is 347 g/mol. The molecular formula is C19H24F3NO3. The Bertz CT molecular complexity index is 666. The summed E-state index contributed by atoms with van der Waals surface area (Å²) in [5, 5.41) is 12.4. The zero-order valence-corrected chi connectivity index (χ0v) is 14.9. The van der Waals surface area contributed by atoms with Gasteiger partial charge in [0.25, 0.3) is 0 Å². The summed E-state index contributed by atoms with van der Waals surface area (Å²) in [5.41, 5.74) is -1.95. The Balaban J connectivity index is 2.37. The number of ketones is 1. The number of carbonyl (C=O) groups is 2. The molecule has 0 saturated carbocycles. The monoisotopic (exact) mass is 371 g/mol. The summed E-state index contributed by atoms with van der Waals surface area (Å²) < 4.78 is 41.8. The fraction of sp³-hybridized carbons (Fsp3) is 0.579. The average Bonchev–Trinajstić information content (AvgIpc) is 3.05. The molecule has 0 spiro atoms. The second kappa shape index (κ2) is 7.78. The van der Waals surface area contributed by atoms with Gasteiger partial charge in [0, 0.05) is 12.3 Å². The molecule has 0 aliphatic carbocycles. The van der Waals surface area contributed by atoms with Crippen molar-refractivity contribution in [3.05, 3.63) is 35.4 Å². The first kappa shape index (κ1) is 20.4. The van der Waals surface area contributed by atoms with Crippen molar-refractivity contribution in [3.63, 3.8) is 0 Å². The third kappa shape index (κ3) is 4.09. The lowest BCUT2D eigenvalue weighted by Crippen LogP contribution is -2.53. The minimum Gasteiger partial charge on any atom is -0.481 e. The number of Topliss-reactive ketones (excluding diaryl/α,β-unsaturated/α-hetero) is 1. The topological polar surface area (TPSA) is 66.4 Å². The Kier molecular flexibility index (Phi) is 6.11. The standard InChI is InChI=1S/C19H24F3NO3/c1-12(2)16(24)9-13-4-3-5-14(8-13)10-18(17(25)26,19(20,21)22)15-6-7-23-11-15/h3-5,8,12,15,23H,6-7,9-11H2,1-2H3,(H,25,26). The smallest absolute Gasteiger partial charge is 0.405 e. The van der Waals surface area contributed by atoms with E-state index >= 15 is 0 Å². The Morgan fingerprint density at radius 1 is 1.27 bits per heavy atom. The molecule has 2 N–H and O–H groups in total. The number of halogens is 3. The van der Waals surface area contributed by atoms with Crippen molar-refractivity contribution in [3.8, 4) is 0 Å². The van der Waals surface area contributed by atoms with E-state index in [9.17, 15) is 27.9 Å². The summed E-state index contributed by atoms with van der Waals surface area (Å²) in [6.07, 6.45) is -5.22. The minimum absolute atomic E-state index is 0.0116. The zero-order valence-electron chi connectivity index (χ0n) is 14.9. The first-order valence-electron chi connectivity index (χ1n) is 8.69. The zero-order chi connectivity index (χ0) is 19.5. The Labute approximate surface area is 150 Å². The van der Waals surface area contributed by atoms with Gasteiger partial charge >= 0.3 is 12.1 Å². The van der Waals surface area contributed by atoms with E-state index < -0.39 is 29.9 Å². The van der Waals surface area contributed by atoms with Crippen LogP contribution < -0.4 is 5.32 Å². The van der Waals surface area contributed by atoms with E-state index in [2.05, 4.69) is 5.32 Å². The molecule has 2 unspecified atom stereocenters. The van der Waals surface area contributed by atoms with E-state index in [4.69, 9.17) is 0 Å². The van der Waals surface area contributed by atoms with Crippen LogP contribution in [0.2, 0.25) is 0 Å². The number of aliphatic carboxylic acids is 1. The van der Waals surface area contributed by atoms with Crippen molar-refractivity contribution in [2.24, 2.45) is 17.3 Å². The van der Waals surface area contributed by atoms with Crippen molar-refractivity contribution in [1.82, 2.24) is 5.32 Å². The van der Waals surface area contributed by atoms with Gasteiger partial charge in [0.15, 0.2) is 5.41 Å². The van der Waals surface area contributed by atoms with Crippen LogP contribution in [-0.4, -0.2) is 36.1 Å². The third-order valence-electron chi connectivity index (χ3n) is 5.14. The maximum atomic E-state index is 13.9. The van der Waals surface area contributed by atoms with Crippen molar-refractivity contribution in [2.75, 3.05) is 13.1 Å². The highest BCUT2D eigenvalue weighted by atomic mass is 19.4. The van der Waals surface area contributed by atoms with Crippen LogP contribution >= 0.6 is 0 Å². The van der Waals surface area contributed by atoms with E-state index in [0.29, 0.717) is 12.1 Å². The summed E-state index contributed by atoms with van der Waals surface area (Å²) in [4.78, 5) is 23.7. The van der Waals surface area contributed by atoms with E-state index in [0.717, 1.165) is 0 Å². The molecule has 0 amide bonds. The summed E-state index contributed by atoms with van der Waals surface area (Å²) in [7, 11) is 0. The molecule has 144 valence electrons. The molecule has 1 aromatic carbocycles. The predicted octanol–water partition coefficient (Wildman–Crippen LogP) is 3.24. The summed E-state index contributed by atoms with van der Waals surface area (Å²) in [6.45, 7) is 3.92. The number of benzene rings is 1. The predicted molar refractivity (Wildman–Crippen MR) is 90.8 cm³/mol. The molecule has 1 saturated heterocycles.